The van der Waals surface area contributed by atoms with E-state index in [9.17, 15) is 13.2 Å². The third kappa shape index (κ3) is 2.88. The number of ether oxygens (including phenoxy) is 1. The van der Waals surface area contributed by atoms with Crippen molar-refractivity contribution in [2.75, 3.05) is 7.11 Å². The fraction of sp³-hybridized carbons (Fsp3) is 0.455. The first kappa shape index (κ1) is 12.8. The summed E-state index contributed by atoms with van der Waals surface area (Å²) >= 11 is 0. The van der Waals surface area contributed by atoms with Crippen molar-refractivity contribution in [3.63, 3.8) is 0 Å². The molecule has 1 rings (SSSR count). The van der Waals surface area contributed by atoms with Crippen LogP contribution in [0.25, 0.3) is 0 Å². The van der Waals surface area contributed by atoms with Gasteiger partial charge in [-0.3, -0.25) is 0 Å². The summed E-state index contributed by atoms with van der Waals surface area (Å²) in [5, 5.41) is 0. The zero-order valence-corrected chi connectivity index (χ0v) is 9.14. The number of aryl methyl sites for hydroxylation is 1. The molecule has 1 atom stereocenters. The van der Waals surface area contributed by atoms with E-state index in [4.69, 9.17) is 10.5 Å². The van der Waals surface area contributed by atoms with Crippen LogP contribution in [0.4, 0.5) is 13.2 Å². The molecule has 90 valence electrons. The van der Waals surface area contributed by atoms with Crippen LogP contribution in [0.3, 0.4) is 0 Å². The zero-order valence-electron chi connectivity index (χ0n) is 9.14. The Bertz CT molecular complexity index is 368. The molecule has 0 bridgehead atoms. The van der Waals surface area contributed by atoms with Crippen LogP contribution in [0.15, 0.2) is 12.1 Å². The maximum Gasteiger partial charge on any atom is 0.253 e. The predicted molar refractivity (Wildman–Crippen MR) is 55.4 cm³/mol. The van der Waals surface area contributed by atoms with Crippen molar-refractivity contribution in [3.05, 3.63) is 29.1 Å². The molecule has 1 unspecified atom stereocenters. The lowest BCUT2D eigenvalue weighted by atomic mass is 10.0. The molecule has 0 heterocycles. The number of alkyl halides is 2. The van der Waals surface area contributed by atoms with Crippen molar-refractivity contribution in [3.8, 4) is 5.75 Å². The van der Waals surface area contributed by atoms with Gasteiger partial charge in [-0.05, 0) is 36.6 Å². The van der Waals surface area contributed by atoms with E-state index in [1.54, 1.807) is 6.92 Å². The number of hydrogen-bond donors (Lipinski definition) is 1. The smallest absolute Gasteiger partial charge is 0.253 e. The van der Waals surface area contributed by atoms with Crippen molar-refractivity contribution in [1.29, 1.82) is 0 Å². The summed E-state index contributed by atoms with van der Waals surface area (Å²) in [6.07, 6.45) is -2.74. The molecule has 0 amide bonds. The number of benzene rings is 1. The van der Waals surface area contributed by atoms with Gasteiger partial charge < -0.3 is 10.5 Å². The Kier molecular flexibility index (Phi) is 4.18. The number of rotatable bonds is 4. The summed E-state index contributed by atoms with van der Waals surface area (Å²) < 4.78 is 42.8. The first-order valence-electron chi connectivity index (χ1n) is 4.82. The lowest BCUT2D eigenvalue weighted by molar-refractivity contribution is 0.115. The highest BCUT2D eigenvalue weighted by Gasteiger charge is 2.18. The lowest BCUT2D eigenvalue weighted by Crippen LogP contribution is -2.31. The van der Waals surface area contributed by atoms with E-state index in [-0.39, 0.29) is 6.42 Å². The molecule has 5 heteroatoms. The van der Waals surface area contributed by atoms with Gasteiger partial charge in [-0.15, -0.1) is 0 Å². The molecule has 0 aromatic heterocycles. The molecule has 0 aliphatic carbocycles. The van der Waals surface area contributed by atoms with Crippen molar-refractivity contribution < 1.29 is 17.9 Å². The average molecular weight is 233 g/mol. The molecule has 0 aliphatic heterocycles. The summed E-state index contributed by atoms with van der Waals surface area (Å²) in [5.74, 6) is -0.0627. The summed E-state index contributed by atoms with van der Waals surface area (Å²) in [7, 11) is 1.41. The Morgan fingerprint density at radius 3 is 2.50 bits per heavy atom. The highest BCUT2D eigenvalue weighted by molar-refractivity contribution is 5.38. The first-order valence-corrected chi connectivity index (χ1v) is 4.82. The van der Waals surface area contributed by atoms with Gasteiger partial charge in [0.25, 0.3) is 6.43 Å². The molecule has 2 nitrogen and oxygen atoms in total. The monoisotopic (exact) mass is 233 g/mol. The van der Waals surface area contributed by atoms with Crippen LogP contribution in [0.2, 0.25) is 0 Å². The van der Waals surface area contributed by atoms with Gasteiger partial charge in [-0.25, -0.2) is 13.2 Å². The summed E-state index contributed by atoms with van der Waals surface area (Å²) in [6, 6.07) is 1.36. The average Bonchev–Trinajstić information content (AvgIpc) is 2.22. The summed E-state index contributed by atoms with van der Waals surface area (Å²) in [6.45, 7) is 1.58. The van der Waals surface area contributed by atoms with Crippen molar-refractivity contribution in [2.45, 2.75) is 25.8 Å². The van der Waals surface area contributed by atoms with Crippen molar-refractivity contribution in [2.24, 2.45) is 5.73 Å². The third-order valence-electron chi connectivity index (χ3n) is 2.34. The predicted octanol–water partition coefficient (Wildman–Crippen LogP) is 2.28. The second-order valence-corrected chi connectivity index (χ2v) is 3.62. The number of nitrogens with two attached hydrogens (primary N) is 1. The molecule has 16 heavy (non-hydrogen) atoms. The maximum atomic E-state index is 13.3. The second kappa shape index (κ2) is 5.21. The number of hydrogen-bond acceptors (Lipinski definition) is 2. The van der Waals surface area contributed by atoms with E-state index >= 15 is 0 Å². The van der Waals surface area contributed by atoms with Crippen LogP contribution in [-0.4, -0.2) is 19.6 Å². The molecule has 1 aromatic rings. The largest absolute Gasteiger partial charge is 0.496 e. The first-order chi connectivity index (χ1) is 7.45. The standard InChI is InChI=1S/C11H14F3NO/c1-6-3-10(16-2)7(4-8(6)12)5-9(15)11(13)14/h3-4,9,11H,5,15H2,1-2H3. The topological polar surface area (TPSA) is 35.2 Å². The van der Waals surface area contributed by atoms with Crippen LogP contribution in [0, 0.1) is 12.7 Å². The van der Waals surface area contributed by atoms with Crippen LogP contribution < -0.4 is 10.5 Å². The molecule has 0 spiro atoms. The van der Waals surface area contributed by atoms with Crippen LogP contribution in [-0.2, 0) is 6.42 Å². The molecule has 0 saturated heterocycles. The van der Waals surface area contributed by atoms with Gasteiger partial charge in [0.05, 0.1) is 13.2 Å². The molecular weight excluding hydrogens is 219 g/mol. The fourth-order valence-corrected chi connectivity index (χ4v) is 1.39. The third-order valence-corrected chi connectivity index (χ3v) is 2.34. The Labute approximate surface area is 92.2 Å². The maximum absolute atomic E-state index is 13.3. The molecule has 0 radical (unpaired) electrons. The summed E-state index contributed by atoms with van der Waals surface area (Å²) in [5.41, 5.74) is 6.00. The minimum Gasteiger partial charge on any atom is -0.496 e. The Balaban J connectivity index is 2.98. The molecule has 0 saturated carbocycles. The molecular formula is C11H14F3NO. The van der Waals surface area contributed by atoms with Gasteiger partial charge >= 0.3 is 0 Å². The Morgan fingerprint density at radius 1 is 1.38 bits per heavy atom. The minimum absolute atomic E-state index is 0.113. The van der Waals surface area contributed by atoms with Gasteiger partial charge in [0.1, 0.15) is 11.6 Å². The SMILES string of the molecule is COc1cc(C)c(F)cc1CC(N)C(F)F. The van der Waals surface area contributed by atoms with Gasteiger partial charge in [0, 0.05) is 0 Å². The van der Waals surface area contributed by atoms with Crippen molar-refractivity contribution >= 4 is 0 Å². The van der Waals surface area contributed by atoms with E-state index in [1.165, 1.54) is 19.2 Å². The number of halogens is 3. The highest BCUT2D eigenvalue weighted by atomic mass is 19.3. The van der Waals surface area contributed by atoms with Gasteiger partial charge in [-0.1, -0.05) is 0 Å². The van der Waals surface area contributed by atoms with Crippen LogP contribution >= 0.6 is 0 Å². The van der Waals surface area contributed by atoms with E-state index in [1.807, 2.05) is 0 Å². The number of methoxy groups -OCH3 is 1. The Morgan fingerprint density at radius 2 is 2.00 bits per heavy atom. The highest BCUT2D eigenvalue weighted by Crippen LogP contribution is 2.24. The van der Waals surface area contributed by atoms with Gasteiger partial charge in [0.2, 0.25) is 0 Å². The molecule has 0 aliphatic rings. The van der Waals surface area contributed by atoms with E-state index in [0.717, 1.165) is 0 Å². The van der Waals surface area contributed by atoms with E-state index in [0.29, 0.717) is 16.9 Å². The summed E-state index contributed by atoms with van der Waals surface area (Å²) in [4.78, 5) is 0. The Hall–Kier alpha value is -1.23. The van der Waals surface area contributed by atoms with Gasteiger partial charge in [-0.2, -0.15) is 0 Å². The van der Waals surface area contributed by atoms with E-state index < -0.39 is 18.3 Å². The van der Waals surface area contributed by atoms with E-state index in [2.05, 4.69) is 0 Å². The molecule has 2 N–H and O–H groups in total. The quantitative estimate of drug-likeness (QED) is 0.865. The molecule has 1 aromatic carbocycles. The second-order valence-electron chi connectivity index (χ2n) is 3.62. The molecule has 0 fully saturated rings. The van der Waals surface area contributed by atoms with Crippen LogP contribution in [0.5, 0.6) is 5.75 Å². The minimum atomic E-state index is -2.63. The lowest BCUT2D eigenvalue weighted by Gasteiger charge is -2.14. The van der Waals surface area contributed by atoms with Crippen molar-refractivity contribution in [1.82, 2.24) is 0 Å². The van der Waals surface area contributed by atoms with Gasteiger partial charge in [0.15, 0.2) is 0 Å². The normalized spacial score (nSPS) is 12.9. The van der Waals surface area contributed by atoms with Crippen LogP contribution in [0.1, 0.15) is 11.1 Å². The zero-order chi connectivity index (χ0) is 12.3. The fourth-order valence-electron chi connectivity index (χ4n) is 1.39.